The standard InChI is InChI=1S/C21H24N4O3/c26-20-19-14-25(12-11-24(19)10-9-22-20)21(27)23-17-7-4-8-18(13-17)28-15-16-5-2-1-3-6-16/h1-8,13,19H,9-12,14-15H2,(H,22,26)(H,23,27)/t19-/m0/s1. The number of hydrogen-bond acceptors (Lipinski definition) is 4. The minimum Gasteiger partial charge on any atom is -0.489 e. The van der Waals surface area contributed by atoms with E-state index in [0.29, 0.717) is 44.2 Å². The molecule has 2 N–H and O–H groups in total. The Bertz CT molecular complexity index is 843. The molecule has 0 spiro atoms. The smallest absolute Gasteiger partial charge is 0.321 e. The van der Waals surface area contributed by atoms with Crippen LogP contribution in [0.1, 0.15) is 5.56 Å². The van der Waals surface area contributed by atoms with Crippen molar-refractivity contribution in [2.24, 2.45) is 0 Å². The fourth-order valence-electron chi connectivity index (χ4n) is 3.57. The number of rotatable bonds is 4. The maximum atomic E-state index is 12.7. The highest BCUT2D eigenvalue weighted by Gasteiger charge is 2.36. The number of amides is 3. The molecule has 2 saturated heterocycles. The molecule has 2 aromatic carbocycles. The molecule has 0 saturated carbocycles. The van der Waals surface area contributed by atoms with Crippen LogP contribution in [0.4, 0.5) is 10.5 Å². The lowest BCUT2D eigenvalue weighted by molar-refractivity contribution is -0.131. The zero-order valence-electron chi connectivity index (χ0n) is 15.6. The summed E-state index contributed by atoms with van der Waals surface area (Å²) in [5.74, 6) is 0.693. The number of carbonyl (C=O) groups excluding carboxylic acids is 2. The van der Waals surface area contributed by atoms with Gasteiger partial charge in [0.2, 0.25) is 5.91 Å². The average Bonchev–Trinajstić information content (AvgIpc) is 2.73. The molecule has 3 amide bonds. The van der Waals surface area contributed by atoms with Gasteiger partial charge in [0, 0.05) is 44.5 Å². The van der Waals surface area contributed by atoms with Crippen LogP contribution in [0.3, 0.4) is 0 Å². The van der Waals surface area contributed by atoms with E-state index in [1.807, 2.05) is 54.6 Å². The van der Waals surface area contributed by atoms with E-state index < -0.39 is 0 Å². The quantitative estimate of drug-likeness (QED) is 0.850. The van der Waals surface area contributed by atoms with E-state index in [-0.39, 0.29) is 18.0 Å². The number of anilines is 1. The Morgan fingerprint density at radius 2 is 1.96 bits per heavy atom. The molecule has 2 aromatic rings. The molecule has 7 heteroatoms. The average molecular weight is 380 g/mol. The van der Waals surface area contributed by atoms with Crippen LogP contribution in [0.15, 0.2) is 54.6 Å². The molecule has 0 radical (unpaired) electrons. The molecule has 7 nitrogen and oxygen atoms in total. The van der Waals surface area contributed by atoms with Crippen molar-refractivity contribution in [3.05, 3.63) is 60.2 Å². The number of urea groups is 1. The fourth-order valence-corrected chi connectivity index (χ4v) is 3.57. The van der Waals surface area contributed by atoms with Crippen LogP contribution in [0.5, 0.6) is 5.75 Å². The third-order valence-electron chi connectivity index (χ3n) is 5.11. The van der Waals surface area contributed by atoms with Gasteiger partial charge in [-0.3, -0.25) is 9.69 Å². The summed E-state index contributed by atoms with van der Waals surface area (Å²) in [4.78, 5) is 28.6. The molecule has 4 rings (SSSR count). The van der Waals surface area contributed by atoms with Gasteiger partial charge in [-0.15, -0.1) is 0 Å². The lowest BCUT2D eigenvalue weighted by Gasteiger charge is -2.42. The molecule has 2 aliphatic heterocycles. The first-order valence-electron chi connectivity index (χ1n) is 9.53. The maximum absolute atomic E-state index is 12.7. The number of fused-ring (bicyclic) bond motifs is 1. The number of piperazine rings is 2. The molecule has 2 fully saturated rings. The van der Waals surface area contributed by atoms with Crippen LogP contribution in [-0.4, -0.2) is 60.5 Å². The highest BCUT2D eigenvalue weighted by atomic mass is 16.5. The van der Waals surface area contributed by atoms with Gasteiger partial charge in [0.1, 0.15) is 18.4 Å². The van der Waals surface area contributed by atoms with Crippen molar-refractivity contribution in [1.82, 2.24) is 15.1 Å². The van der Waals surface area contributed by atoms with Crippen molar-refractivity contribution in [2.45, 2.75) is 12.6 Å². The normalized spacial score (nSPS) is 19.5. The van der Waals surface area contributed by atoms with Crippen molar-refractivity contribution in [2.75, 3.05) is 38.0 Å². The fraction of sp³-hybridized carbons (Fsp3) is 0.333. The Hall–Kier alpha value is -3.06. The number of carbonyl (C=O) groups is 2. The zero-order chi connectivity index (χ0) is 19.3. The van der Waals surface area contributed by atoms with Crippen molar-refractivity contribution < 1.29 is 14.3 Å². The van der Waals surface area contributed by atoms with Crippen molar-refractivity contribution in [1.29, 1.82) is 0 Å². The minimum absolute atomic E-state index is 0.0000549. The van der Waals surface area contributed by atoms with Gasteiger partial charge >= 0.3 is 6.03 Å². The Balaban J connectivity index is 1.35. The van der Waals surface area contributed by atoms with Crippen LogP contribution < -0.4 is 15.4 Å². The lowest BCUT2D eigenvalue weighted by Crippen LogP contribution is -2.64. The second-order valence-electron chi connectivity index (χ2n) is 7.02. The van der Waals surface area contributed by atoms with Gasteiger partial charge in [-0.2, -0.15) is 0 Å². The number of benzene rings is 2. The maximum Gasteiger partial charge on any atom is 0.321 e. The van der Waals surface area contributed by atoms with Crippen LogP contribution in [0, 0.1) is 0 Å². The van der Waals surface area contributed by atoms with E-state index in [9.17, 15) is 9.59 Å². The van der Waals surface area contributed by atoms with Crippen LogP contribution >= 0.6 is 0 Å². The molecular formula is C21H24N4O3. The van der Waals surface area contributed by atoms with E-state index in [0.717, 1.165) is 12.1 Å². The van der Waals surface area contributed by atoms with E-state index in [1.165, 1.54) is 0 Å². The minimum atomic E-state index is -0.256. The third-order valence-corrected chi connectivity index (χ3v) is 5.11. The van der Waals surface area contributed by atoms with Crippen molar-refractivity contribution >= 4 is 17.6 Å². The highest BCUT2D eigenvalue weighted by molar-refractivity contribution is 5.91. The van der Waals surface area contributed by atoms with Gasteiger partial charge in [-0.1, -0.05) is 36.4 Å². The molecule has 1 atom stereocenters. The molecule has 0 bridgehead atoms. The molecule has 2 heterocycles. The summed E-state index contributed by atoms with van der Waals surface area (Å²) in [6.45, 7) is 3.72. The molecule has 0 aromatic heterocycles. The summed E-state index contributed by atoms with van der Waals surface area (Å²) in [6, 6.07) is 16.8. The number of nitrogens with one attached hydrogen (secondary N) is 2. The van der Waals surface area contributed by atoms with E-state index in [4.69, 9.17) is 4.74 Å². The first-order valence-corrected chi connectivity index (χ1v) is 9.53. The van der Waals surface area contributed by atoms with E-state index >= 15 is 0 Å². The van der Waals surface area contributed by atoms with Gasteiger partial charge in [0.25, 0.3) is 0 Å². The van der Waals surface area contributed by atoms with Gasteiger partial charge < -0.3 is 20.3 Å². The Kier molecular flexibility index (Phi) is 5.43. The summed E-state index contributed by atoms with van der Waals surface area (Å²) < 4.78 is 5.82. The molecular weight excluding hydrogens is 356 g/mol. The monoisotopic (exact) mass is 380 g/mol. The predicted molar refractivity (Wildman–Crippen MR) is 106 cm³/mol. The Morgan fingerprint density at radius 1 is 1.11 bits per heavy atom. The number of ether oxygens (including phenoxy) is 1. The van der Waals surface area contributed by atoms with Crippen molar-refractivity contribution in [3.63, 3.8) is 0 Å². The second kappa shape index (κ2) is 8.31. The SMILES string of the molecule is O=C1NCCN2CCN(C(=O)Nc3cccc(OCc4ccccc4)c3)C[C@@H]12. The van der Waals surface area contributed by atoms with Crippen LogP contribution in [0.25, 0.3) is 0 Å². The Labute approximate surface area is 164 Å². The summed E-state index contributed by atoms with van der Waals surface area (Å²) in [5.41, 5.74) is 1.76. The summed E-state index contributed by atoms with van der Waals surface area (Å²) >= 11 is 0. The van der Waals surface area contributed by atoms with Crippen molar-refractivity contribution in [3.8, 4) is 5.75 Å². The summed E-state index contributed by atoms with van der Waals surface area (Å²) in [5, 5.41) is 5.79. The molecule has 28 heavy (non-hydrogen) atoms. The largest absolute Gasteiger partial charge is 0.489 e. The first kappa shape index (κ1) is 18.3. The van der Waals surface area contributed by atoms with Crippen LogP contribution in [-0.2, 0) is 11.4 Å². The van der Waals surface area contributed by atoms with E-state index in [1.54, 1.807) is 4.90 Å². The van der Waals surface area contributed by atoms with Gasteiger partial charge in [0.05, 0.1) is 0 Å². The summed E-state index contributed by atoms with van der Waals surface area (Å²) in [7, 11) is 0. The summed E-state index contributed by atoms with van der Waals surface area (Å²) in [6.07, 6.45) is 0. The highest BCUT2D eigenvalue weighted by Crippen LogP contribution is 2.20. The van der Waals surface area contributed by atoms with Gasteiger partial charge in [-0.25, -0.2) is 4.79 Å². The predicted octanol–water partition coefficient (Wildman–Crippen LogP) is 1.91. The first-order chi connectivity index (χ1) is 13.7. The molecule has 146 valence electrons. The number of hydrogen-bond donors (Lipinski definition) is 2. The van der Waals surface area contributed by atoms with Crippen LogP contribution in [0.2, 0.25) is 0 Å². The second-order valence-corrected chi connectivity index (χ2v) is 7.02. The number of nitrogens with zero attached hydrogens (tertiary/aromatic N) is 2. The molecule has 2 aliphatic rings. The van der Waals surface area contributed by atoms with E-state index in [2.05, 4.69) is 15.5 Å². The zero-order valence-corrected chi connectivity index (χ0v) is 15.6. The Morgan fingerprint density at radius 3 is 2.82 bits per heavy atom. The molecule has 0 aliphatic carbocycles. The topological polar surface area (TPSA) is 73.9 Å². The van der Waals surface area contributed by atoms with Gasteiger partial charge in [-0.05, 0) is 17.7 Å². The lowest BCUT2D eigenvalue weighted by atomic mass is 10.1. The van der Waals surface area contributed by atoms with Gasteiger partial charge in [0.15, 0.2) is 0 Å². The molecule has 0 unspecified atom stereocenters. The third kappa shape index (κ3) is 4.26.